The Balaban J connectivity index is 5.02. The Hall–Kier alpha value is -1.85. The van der Waals surface area contributed by atoms with Gasteiger partial charge < -0.3 is 31.9 Å². The number of hydrogen-bond acceptors (Lipinski definition) is 7. The van der Waals surface area contributed by atoms with E-state index >= 15 is 0 Å². The van der Waals surface area contributed by atoms with E-state index in [9.17, 15) is 29.4 Å². The Morgan fingerprint density at radius 3 is 1.83 bits per heavy atom. The molecule has 0 aliphatic heterocycles. The molecule has 0 aliphatic rings. The molecule has 0 fully saturated rings. The lowest BCUT2D eigenvalue weighted by Crippen LogP contribution is -2.59. The third kappa shape index (κ3) is 9.46. The lowest BCUT2D eigenvalue weighted by Gasteiger charge is -2.25. The van der Waals surface area contributed by atoms with Crippen molar-refractivity contribution in [3.63, 3.8) is 0 Å². The molecule has 29 heavy (non-hydrogen) atoms. The number of nitrogens with one attached hydrogen (secondary N) is 3. The van der Waals surface area contributed by atoms with Gasteiger partial charge in [-0.3, -0.25) is 14.4 Å². The molecule has 0 radical (unpaired) electrons. The van der Waals surface area contributed by atoms with Gasteiger partial charge in [-0.1, -0.05) is 34.1 Å². The van der Waals surface area contributed by atoms with Gasteiger partial charge >= 0.3 is 5.97 Å². The van der Waals surface area contributed by atoms with Gasteiger partial charge in [0.25, 0.3) is 0 Å². The predicted octanol–water partition coefficient (Wildman–Crippen LogP) is -1.13. The number of aliphatic carboxylic acids is 1. The minimum Gasteiger partial charge on any atom is -0.480 e. The van der Waals surface area contributed by atoms with Crippen LogP contribution in [0.1, 0.15) is 40.5 Å². The van der Waals surface area contributed by atoms with E-state index in [4.69, 9.17) is 5.73 Å². The molecule has 0 aromatic carbocycles. The van der Waals surface area contributed by atoms with Crippen LogP contribution in [0, 0.1) is 11.8 Å². The predicted molar refractivity (Wildman–Crippen MR) is 111 cm³/mol. The van der Waals surface area contributed by atoms with Gasteiger partial charge in [-0.15, -0.1) is 0 Å². The Morgan fingerprint density at radius 2 is 1.41 bits per heavy atom. The summed E-state index contributed by atoms with van der Waals surface area (Å²) >= 11 is 4.04. The van der Waals surface area contributed by atoms with Crippen molar-refractivity contribution >= 4 is 36.3 Å². The molecule has 10 nitrogen and oxygen atoms in total. The summed E-state index contributed by atoms with van der Waals surface area (Å²) < 4.78 is 0. The first-order chi connectivity index (χ1) is 13.5. The zero-order valence-electron chi connectivity index (χ0n) is 17.3. The molecule has 0 saturated heterocycles. The summed E-state index contributed by atoms with van der Waals surface area (Å²) in [4.78, 5) is 48.2. The highest BCUT2D eigenvalue weighted by Gasteiger charge is 2.30. The van der Waals surface area contributed by atoms with Gasteiger partial charge in [0.15, 0.2) is 0 Å². The van der Waals surface area contributed by atoms with Crippen molar-refractivity contribution in [2.24, 2.45) is 17.6 Å². The van der Waals surface area contributed by atoms with Crippen LogP contribution in [0.15, 0.2) is 0 Å². The molecule has 0 spiro atoms. The highest BCUT2D eigenvalue weighted by Crippen LogP contribution is 2.07. The first-order valence-corrected chi connectivity index (χ1v) is 10.2. The van der Waals surface area contributed by atoms with Crippen LogP contribution in [-0.4, -0.2) is 70.4 Å². The summed E-state index contributed by atoms with van der Waals surface area (Å²) in [5, 5.41) is 25.8. The van der Waals surface area contributed by atoms with Gasteiger partial charge in [-0.2, -0.15) is 12.6 Å². The molecule has 5 atom stereocenters. The second kappa shape index (κ2) is 13.4. The second-order valence-corrected chi connectivity index (χ2v) is 7.79. The maximum absolute atomic E-state index is 12.4. The Morgan fingerprint density at radius 1 is 0.931 bits per heavy atom. The topological polar surface area (TPSA) is 171 Å². The number of nitrogens with two attached hydrogens (primary N) is 1. The summed E-state index contributed by atoms with van der Waals surface area (Å²) in [5.41, 5.74) is 5.84. The van der Waals surface area contributed by atoms with Crippen LogP contribution in [0.5, 0.6) is 0 Å². The number of hydrogen-bond donors (Lipinski definition) is 7. The fraction of sp³-hybridized carbons (Fsp3) is 0.778. The van der Waals surface area contributed by atoms with Crippen LogP contribution in [0.3, 0.4) is 0 Å². The van der Waals surface area contributed by atoms with E-state index in [0.717, 1.165) is 0 Å². The van der Waals surface area contributed by atoms with Crippen LogP contribution >= 0.6 is 12.6 Å². The highest BCUT2D eigenvalue weighted by molar-refractivity contribution is 7.80. The molecule has 0 heterocycles. The summed E-state index contributed by atoms with van der Waals surface area (Å²) in [6.45, 7) is 6.55. The lowest BCUT2D eigenvalue weighted by molar-refractivity contribution is -0.143. The van der Waals surface area contributed by atoms with Crippen molar-refractivity contribution in [3.05, 3.63) is 0 Å². The average molecular weight is 435 g/mol. The molecule has 0 aromatic heterocycles. The molecule has 0 aliphatic carbocycles. The molecule has 0 bridgehead atoms. The molecule has 7 N–H and O–H groups in total. The molecule has 5 unspecified atom stereocenters. The summed E-state index contributed by atoms with van der Waals surface area (Å²) in [6.07, 6.45) is 0.871. The smallest absolute Gasteiger partial charge is 0.326 e. The van der Waals surface area contributed by atoms with Crippen LogP contribution in [-0.2, 0) is 19.2 Å². The number of rotatable bonds is 13. The number of amides is 3. The van der Waals surface area contributed by atoms with E-state index in [1.165, 1.54) is 0 Å². The minimum atomic E-state index is -1.38. The van der Waals surface area contributed by atoms with Crippen molar-refractivity contribution in [1.29, 1.82) is 0 Å². The number of carboxylic acids is 1. The van der Waals surface area contributed by atoms with Crippen LogP contribution in [0.25, 0.3) is 0 Å². The van der Waals surface area contributed by atoms with E-state index in [0.29, 0.717) is 6.42 Å². The van der Waals surface area contributed by atoms with E-state index in [-0.39, 0.29) is 24.0 Å². The maximum atomic E-state index is 12.4. The van der Waals surface area contributed by atoms with E-state index in [1.54, 1.807) is 13.8 Å². The monoisotopic (exact) mass is 434 g/mol. The van der Waals surface area contributed by atoms with Gasteiger partial charge in [0.05, 0.1) is 12.6 Å². The van der Waals surface area contributed by atoms with Gasteiger partial charge in [-0.05, 0) is 18.3 Å². The molecule has 11 heteroatoms. The van der Waals surface area contributed by atoms with E-state index < -0.39 is 54.5 Å². The number of aliphatic hydroxyl groups excluding tert-OH is 1. The Bertz CT molecular complexity index is 575. The standard InChI is InChI=1S/C18H34N4O6S/c1-5-10(4)14(19)17(26)22-13(8-29)16(25)21-12(7-23)15(24)20-11(18(27)28)6-9(2)3/h9-14,23,29H,5-8,19H2,1-4H3,(H,20,24)(H,21,25)(H,22,26)(H,27,28). The zero-order valence-corrected chi connectivity index (χ0v) is 18.2. The summed E-state index contributed by atoms with van der Waals surface area (Å²) in [5.74, 6) is -3.46. The van der Waals surface area contributed by atoms with E-state index in [1.807, 2.05) is 13.8 Å². The third-order valence-electron chi connectivity index (χ3n) is 4.51. The third-order valence-corrected chi connectivity index (χ3v) is 4.88. The minimum absolute atomic E-state index is 0.0112. The van der Waals surface area contributed by atoms with Crippen LogP contribution in [0.2, 0.25) is 0 Å². The number of carbonyl (C=O) groups is 4. The Labute approximate surface area is 176 Å². The number of carbonyl (C=O) groups excluding carboxylic acids is 3. The van der Waals surface area contributed by atoms with Crippen molar-refractivity contribution in [3.8, 4) is 0 Å². The molecule has 0 aromatic rings. The van der Waals surface area contributed by atoms with Gasteiger partial charge in [-0.25, -0.2) is 4.79 Å². The van der Waals surface area contributed by atoms with Crippen LogP contribution in [0.4, 0.5) is 0 Å². The normalized spacial score (nSPS) is 16.3. The van der Waals surface area contributed by atoms with E-state index in [2.05, 4.69) is 28.6 Å². The van der Waals surface area contributed by atoms with Crippen molar-refractivity contribution in [2.75, 3.05) is 12.4 Å². The average Bonchev–Trinajstić information content (AvgIpc) is 2.67. The fourth-order valence-electron chi connectivity index (χ4n) is 2.41. The van der Waals surface area contributed by atoms with Gasteiger partial charge in [0, 0.05) is 5.75 Å². The van der Waals surface area contributed by atoms with Crippen molar-refractivity contribution < 1.29 is 29.4 Å². The summed E-state index contributed by atoms with van der Waals surface area (Å²) in [7, 11) is 0. The van der Waals surface area contributed by atoms with Gasteiger partial charge in [0.1, 0.15) is 18.1 Å². The number of carboxylic acid groups (broad SMARTS) is 1. The Kier molecular flexibility index (Phi) is 12.5. The van der Waals surface area contributed by atoms with Crippen molar-refractivity contribution in [2.45, 2.75) is 64.7 Å². The van der Waals surface area contributed by atoms with Crippen LogP contribution < -0.4 is 21.7 Å². The summed E-state index contributed by atoms with van der Waals surface area (Å²) in [6, 6.07) is -4.41. The fourth-order valence-corrected chi connectivity index (χ4v) is 2.66. The first kappa shape index (κ1) is 27.1. The molecule has 3 amide bonds. The molecular weight excluding hydrogens is 400 g/mol. The molecule has 168 valence electrons. The number of aliphatic hydroxyl groups is 1. The maximum Gasteiger partial charge on any atom is 0.326 e. The molecule has 0 rings (SSSR count). The SMILES string of the molecule is CCC(C)C(N)C(=O)NC(CS)C(=O)NC(CO)C(=O)NC(CC(C)C)C(=O)O. The first-order valence-electron chi connectivity index (χ1n) is 9.59. The largest absolute Gasteiger partial charge is 0.480 e. The highest BCUT2D eigenvalue weighted by atomic mass is 32.1. The zero-order chi connectivity index (χ0) is 22.7. The van der Waals surface area contributed by atoms with Gasteiger partial charge in [0.2, 0.25) is 17.7 Å². The number of thiol groups is 1. The lowest BCUT2D eigenvalue weighted by atomic mass is 9.99. The molecular formula is C18H34N4O6S. The second-order valence-electron chi connectivity index (χ2n) is 7.43. The molecule has 0 saturated carbocycles. The van der Waals surface area contributed by atoms with Crippen molar-refractivity contribution in [1.82, 2.24) is 16.0 Å². The quantitative estimate of drug-likeness (QED) is 0.180.